The number of nitrogens with zero attached hydrogens (tertiary/aromatic N) is 1. The summed E-state index contributed by atoms with van der Waals surface area (Å²) in [6.45, 7) is -0.412. The van der Waals surface area contributed by atoms with Crippen LogP contribution in [0.2, 0.25) is 0 Å². The van der Waals surface area contributed by atoms with E-state index in [-0.39, 0.29) is 11.5 Å². The number of aryl methyl sites for hydroxylation is 1. The third-order valence-corrected chi connectivity index (χ3v) is 7.57. The number of carbonyl (C=O) groups is 3. The van der Waals surface area contributed by atoms with Gasteiger partial charge in [0.2, 0.25) is 5.91 Å². The molecular formula is C19H23N3O5S. The van der Waals surface area contributed by atoms with Crippen LogP contribution in [-0.2, 0) is 31.4 Å². The van der Waals surface area contributed by atoms with Crippen molar-refractivity contribution in [2.75, 3.05) is 18.1 Å². The van der Waals surface area contributed by atoms with E-state index in [9.17, 15) is 22.8 Å². The number of hydrogen-bond donors (Lipinski definition) is 2. The molecule has 0 aromatic heterocycles. The predicted molar refractivity (Wildman–Crippen MR) is 101 cm³/mol. The van der Waals surface area contributed by atoms with Crippen molar-refractivity contribution < 1.29 is 22.8 Å². The van der Waals surface area contributed by atoms with E-state index >= 15 is 0 Å². The van der Waals surface area contributed by atoms with Gasteiger partial charge in [0.1, 0.15) is 12.1 Å². The molecule has 0 radical (unpaired) electrons. The molecule has 28 heavy (non-hydrogen) atoms. The maximum absolute atomic E-state index is 13.3. The van der Waals surface area contributed by atoms with Gasteiger partial charge in [-0.05, 0) is 43.2 Å². The van der Waals surface area contributed by atoms with Crippen molar-refractivity contribution in [2.24, 2.45) is 0 Å². The Morgan fingerprint density at radius 3 is 2.79 bits per heavy atom. The molecule has 9 heteroatoms. The average molecular weight is 405 g/mol. The topological polar surface area (TPSA) is 113 Å². The maximum atomic E-state index is 13.3. The highest BCUT2D eigenvalue weighted by Gasteiger charge is 2.53. The lowest BCUT2D eigenvalue weighted by Crippen LogP contribution is -2.46. The molecule has 1 aromatic rings. The van der Waals surface area contributed by atoms with Crippen LogP contribution < -0.4 is 10.6 Å². The van der Waals surface area contributed by atoms with Crippen LogP contribution in [0.3, 0.4) is 0 Å². The molecule has 0 bridgehead atoms. The Kier molecular flexibility index (Phi) is 4.65. The number of sulfone groups is 1. The van der Waals surface area contributed by atoms with E-state index in [0.717, 1.165) is 35.3 Å². The summed E-state index contributed by atoms with van der Waals surface area (Å²) < 4.78 is 23.1. The zero-order valence-electron chi connectivity index (χ0n) is 15.4. The van der Waals surface area contributed by atoms with Gasteiger partial charge in [-0.2, -0.15) is 0 Å². The maximum Gasteiger partial charge on any atom is 0.325 e. The molecule has 1 aromatic carbocycles. The molecule has 4 rings (SSSR count). The highest BCUT2D eigenvalue weighted by atomic mass is 32.2. The quantitative estimate of drug-likeness (QED) is 0.710. The van der Waals surface area contributed by atoms with Crippen LogP contribution in [0.25, 0.3) is 0 Å². The molecule has 3 aliphatic rings. The van der Waals surface area contributed by atoms with Crippen LogP contribution >= 0.6 is 0 Å². The molecule has 1 aliphatic carbocycles. The van der Waals surface area contributed by atoms with Crippen LogP contribution in [0.5, 0.6) is 0 Å². The first kappa shape index (κ1) is 18.9. The molecule has 150 valence electrons. The number of nitrogens with one attached hydrogen (secondary N) is 2. The molecule has 2 fully saturated rings. The van der Waals surface area contributed by atoms with Crippen LogP contribution in [-0.4, -0.2) is 55.3 Å². The first-order chi connectivity index (χ1) is 13.3. The van der Waals surface area contributed by atoms with E-state index in [2.05, 4.69) is 10.6 Å². The largest absolute Gasteiger partial charge is 0.351 e. The summed E-state index contributed by atoms with van der Waals surface area (Å²) in [5.41, 5.74) is 0.716. The fraction of sp³-hybridized carbons (Fsp3) is 0.526. The highest BCUT2D eigenvalue weighted by Crippen LogP contribution is 2.38. The Balaban J connectivity index is 1.52. The number of benzene rings is 1. The lowest BCUT2D eigenvalue weighted by molar-refractivity contribution is -0.135. The number of amides is 4. The van der Waals surface area contributed by atoms with Gasteiger partial charge >= 0.3 is 6.03 Å². The van der Waals surface area contributed by atoms with Gasteiger partial charge < -0.3 is 10.6 Å². The molecule has 2 unspecified atom stereocenters. The van der Waals surface area contributed by atoms with E-state index in [0.29, 0.717) is 12.8 Å². The first-order valence-electron chi connectivity index (χ1n) is 9.53. The van der Waals surface area contributed by atoms with Gasteiger partial charge in [0, 0.05) is 6.04 Å². The summed E-state index contributed by atoms with van der Waals surface area (Å²) in [7, 11) is -3.12. The van der Waals surface area contributed by atoms with E-state index in [1.54, 1.807) is 0 Å². The Morgan fingerprint density at radius 1 is 1.25 bits per heavy atom. The molecule has 4 amide bonds. The summed E-state index contributed by atoms with van der Waals surface area (Å²) in [6, 6.07) is 6.55. The lowest BCUT2D eigenvalue weighted by Gasteiger charge is -2.27. The third-order valence-electron chi connectivity index (χ3n) is 5.80. The molecule has 2 saturated heterocycles. The molecule has 0 saturated carbocycles. The summed E-state index contributed by atoms with van der Waals surface area (Å²) in [5.74, 6) is -0.998. The molecular weight excluding hydrogens is 382 g/mol. The number of urea groups is 1. The minimum atomic E-state index is -3.12. The second-order valence-corrected chi connectivity index (χ2v) is 9.99. The minimum absolute atomic E-state index is 0.0426. The summed E-state index contributed by atoms with van der Waals surface area (Å²) >= 11 is 0. The third kappa shape index (κ3) is 3.28. The predicted octanol–water partition coefficient (Wildman–Crippen LogP) is 0.463. The van der Waals surface area contributed by atoms with Gasteiger partial charge in [-0.25, -0.2) is 13.2 Å². The van der Waals surface area contributed by atoms with Crippen LogP contribution in [0, 0.1) is 0 Å². The Hall–Kier alpha value is -2.42. The lowest BCUT2D eigenvalue weighted by atomic mass is 9.84. The SMILES string of the molecule is O=C(CN1C(=O)NC2(CCCCc3ccccc32)C1=O)NC1CCS(=O)(=O)C1. The Labute approximate surface area is 163 Å². The van der Waals surface area contributed by atoms with Crippen LogP contribution in [0.1, 0.15) is 36.8 Å². The molecule has 8 nitrogen and oxygen atoms in total. The van der Waals surface area contributed by atoms with Crippen molar-refractivity contribution in [3.05, 3.63) is 35.4 Å². The molecule has 2 N–H and O–H groups in total. The molecule has 2 aliphatic heterocycles. The van der Waals surface area contributed by atoms with Gasteiger partial charge in [0.25, 0.3) is 5.91 Å². The molecule has 2 heterocycles. The zero-order valence-corrected chi connectivity index (χ0v) is 16.3. The van der Waals surface area contributed by atoms with E-state index in [1.807, 2.05) is 24.3 Å². The van der Waals surface area contributed by atoms with Gasteiger partial charge in [-0.3, -0.25) is 14.5 Å². The molecule has 1 spiro atoms. The fourth-order valence-corrected chi connectivity index (χ4v) is 6.12. The minimum Gasteiger partial charge on any atom is -0.351 e. The van der Waals surface area contributed by atoms with Crippen LogP contribution in [0.4, 0.5) is 4.79 Å². The second kappa shape index (κ2) is 6.88. The Bertz CT molecular complexity index is 945. The smallest absolute Gasteiger partial charge is 0.325 e. The molecule has 2 atom stereocenters. The van der Waals surface area contributed by atoms with E-state index < -0.39 is 45.8 Å². The number of fused-ring (bicyclic) bond motifs is 2. The van der Waals surface area contributed by atoms with Gasteiger partial charge in [0.15, 0.2) is 9.84 Å². The van der Waals surface area contributed by atoms with Crippen molar-refractivity contribution in [2.45, 2.75) is 43.7 Å². The van der Waals surface area contributed by atoms with E-state index in [1.165, 1.54) is 0 Å². The van der Waals surface area contributed by atoms with Crippen molar-refractivity contribution in [1.82, 2.24) is 15.5 Å². The van der Waals surface area contributed by atoms with Gasteiger partial charge in [0.05, 0.1) is 11.5 Å². The van der Waals surface area contributed by atoms with Crippen molar-refractivity contribution in [1.29, 1.82) is 0 Å². The number of carbonyl (C=O) groups excluding carboxylic acids is 3. The Morgan fingerprint density at radius 2 is 2.04 bits per heavy atom. The van der Waals surface area contributed by atoms with E-state index in [4.69, 9.17) is 0 Å². The van der Waals surface area contributed by atoms with Crippen molar-refractivity contribution in [3.8, 4) is 0 Å². The van der Waals surface area contributed by atoms with Gasteiger partial charge in [-0.1, -0.05) is 24.3 Å². The summed E-state index contributed by atoms with van der Waals surface area (Å²) in [4.78, 5) is 39.1. The van der Waals surface area contributed by atoms with Crippen molar-refractivity contribution in [3.63, 3.8) is 0 Å². The van der Waals surface area contributed by atoms with Crippen LogP contribution in [0.15, 0.2) is 24.3 Å². The summed E-state index contributed by atoms with van der Waals surface area (Å²) in [6.07, 6.45) is 3.41. The normalized spacial score (nSPS) is 28.7. The summed E-state index contributed by atoms with van der Waals surface area (Å²) in [5, 5.41) is 5.47. The monoisotopic (exact) mass is 405 g/mol. The van der Waals surface area contributed by atoms with Gasteiger partial charge in [-0.15, -0.1) is 0 Å². The second-order valence-electron chi connectivity index (χ2n) is 7.76. The standard InChI is InChI=1S/C19H23N3O5S/c23-16(20-14-8-10-28(26,27)12-14)11-22-17(24)19(21-18(22)25)9-4-3-6-13-5-1-2-7-15(13)19/h1-2,5,7,14H,3-4,6,8-12H2,(H,20,23)(H,21,25). The van der Waals surface area contributed by atoms with Crippen molar-refractivity contribution >= 4 is 27.7 Å². The fourth-order valence-electron chi connectivity index (χ4n) is 4.44. The number of imide groups is 1. The average Bonchev–Trinajstić information content (AvgIpc) is 3.01. The first-order valence-corrected chi connectivity index (χ1v) is 11.4. The zero-order chi connectivity index (χ0) is 19.9. The highest BCUT2D eigenvalue weighted by molar-refractivity contribution is 7.91. The number of hydrogen-bond acceptors (Lipinski definition) is 5. The number of rotatable bonds is 3.